The number of para-hydroxylation sites is 7. The van der Waals surface area contributed by atoms with E-state index in [1.165, 1.54) is 130 Å². The second-order valence-corrected chi connectivity index (χ2v) is 31.8. The normalized spacial score (nSPS) is 10.8. The number of fused-ring (bicyclic) bond motifs is 12. The van der Waals surface area contributed by atoms with Crippen LogP contribution < -0.4 is 13.6 Å². The molecule has 0 aliphatic carbocycles. The first-order valence-corrected chi connectivity index (χ1v) is 44.4. The molecule has 2 radical (unpaired) electrons. The predicted molar refractivity (Wildman–Crippen MR) is 555 cm³/mol. The van der Waals surface area contributed by atoms with Crippen LogP contribution in [0.4, 0.5) is 34.1 Å². The number of benzene rings is 17. The van der Waals surface area contributed by atoms with Gasteiger partial charge in [0.05, 0.1) is 39.3 Å². The maximum absolute atomic E-state index is 5.75. The Morgan fingerprint density at radius 3 is 1.27 bits per heavy atom. The van der Waals surface area contributed by atoms with Crippen molar-refractivity contribution in [2.75, 3.05) is 9.80 Å². The summed E-state index contributed by atoms with van der Waals surface area (Å²) in [6, 6.07) is 165. The first-order valence-electron chi connectivity index (χ1n) is 43.4. The van der Waals surface area contributed by atoms with E-state index in [1.807, 2.05) is 145 Å². The van der Waals surface area contributed by atoms with Gasteiger partial charge in [-0.15, -0.1) is 83.1 Å². The zero-order chi connectivity index (χ0) is 89.7. The number of nitrogens with one attached hydrogen (secondary N) is 1. The Bertz CT molecular complexity index is 7660. The number of rotatable bonds is 13. The Hall–Kier alpha value is -15.0. The van der Waals surface area contributed by atoms with E-state index in [9.17, 15) is 0 Å². The first-order chi connectivity index (χ1) is 65.4. The quantitative estimate of drug-likeness (QED) is 0.0697. The molecule has 0 amide bonds. The number of hydrogen-bond acceptors (Lipinski definition) is 9. The van der Waals surface area contributed by atoms with E-state index in [-0.39, 0.29) is 20.1 Å². The van der Waals surface area contributed by atoms with Crippen molar-refractivity contribution in [3.8, 4) is 62.0 Å². The predicted octanol–water partition coefficient (Wildman–Crippen LogP) is 31.4. The standard InChI is InChI=1S/C44H32N2.C35H21N3S.C17H12N.C11H8N.C9H7NO.Al.Ir.H2NP.H2S.H/c1-3-17-37(18-4-1)45(43-23-11-15-35-13-7-9-21-41(35)43)39-29-25-33(26-30-39)34-27-31-40(32-28-34)46(38-19-5-2-6-20-38)44-24-12-16-36-14-8-10-22-42(36)44;1-5-13-29-23(9-1)24-10-2-6-14-30(24)37(29)22-17-18-33-28(21-22)27-19-20-36-35(34(27)39-33)38-31-15-7-3-11-25(31)26-12-4-8-16-32(26)38;1-3-7-14(8-4-1)16-11-12-18-17(13-16)15-9-5-2-6-10-15;1-2-6-10(7-3-1)11-8-4-5-9-12-11;11-8-5-1-3-7-4-2-6-10-9(7)8;;;1-2;;/h1-32H;1-21H;1-9,11-13H;1-6,8-9H;1-6,11H;;;1-2H;1H2;/q;;2*-1;;+1;;;;/p-1/i/hD2. The molecule has 24 rings (SSSR count). The second kappa shape index (κ2) is 41.8. The maximum atomic E-state index is 5.75. The molecule has 15 heteroatoms. The van der Waals surface area contributed by atoms with Crippen molar-refractivity contribution in [1.29, 1.82) is 6.28 Å². The Morgan fingerprint density at radius 1 is 0.336 bits per heavy atom. The summed E-state index contributed by atoms with van der Waals surface area (Å²) in [4.78, 5) is 22.5. The van der Waals surface area contributed by atoms with Gasteiger partial charge in [0.1, 0.15) is 11.3 Å². The molecule has 0 fully saturated rings. The molecule has 131 heavy (non-hydrogen) atoms. The van der Waals surface area contributed by atoms with Gasteiger partial charge in [0.25, 0.3) is 0 Å². The number of pyridine rings is 4. The summed E-state index contributed by atoms with van der Waals surface area (Å²) in [5.74, 6) is 1.83. The van der Waals surface area contributed by atoms with Crippen molar-refractivity contribution < 1.29 is 25.3 Å². The molecular weight excluding hydrogens is 1850 g/mol. The zero-order valence-electron chi connectivity index (χ0n) is 72.9. The minimum atomic E-state index is 0. The smallest absolute Gasteiger partial charge is 0.494 e. The molecule has 24 aromatic rings. The summed E-state index contributed by atoms with van der Waals surface area (Å²) in [5, 5.41) is 16.1. The number of aromatic nitrogens is 6. The van der Waals surface area contributed by atoms with Crippen LogP contribution in [0.3, 0.4) is 0 Å². The van der Waals surface area contributed by atoms with Gasteiger partial charge in [0.15, 0.2) is 7.23 Å². The molecule has 630 valence electrons. The summed E-state index contributed by atoms with van der Waals surface area (Å²) in [7, 11) is 2.48. The fourth-order valence-electron chi connectivity index (χ4n) is 17.0. The van der Waals surface area contributed by atoms with Gasteiger partial charge in [-0.25, -0.2) is 4.98 Å². The third kappa shape index (κ3) is 18.9. The molecule has 0 aliphatic rings. The summed E-state index contributed by atoms with van der Waals surface area (Å²) in [6.07, 6.45) is 7.36. The molecule has 0 saturated heterocycles. The Balaban J connectivity index is 0.000000126. The fraction of sp³-hybridized carbons (Fsp3) is 0. The van der Waals surface area contributed by atoms with Gasteiger partial charge >= 0.3 is 16.6 Å². The molecule has 10 nitrogen and oxygen atoms in total. The number of hydrogen-bond donors (Lipinski definition) is 1. The van der Waals surface area contributed by atoms with Gasteiger partial charge in [0.2, 0.25) is 0 Å². The molecule has 7 heterocycles. The SMILES string of the molecule is [2H]N=P.[2H]S.[AlH][O]c1cccc2cccnc12.[Ir].[c-]1ccccc1-c1cc(-c2ccccc2)ccn1.[c-]1ccccc1-c1ccccn1.c1ccc(N(c2ccc(-c3ccc(N(c4ccccc4)c4cccc5ccccc45)cc3)cc2)c2cccc3ccccc23)cc1.c1ccc2c(c1)c1ccccc1n2-c1ccc2sc3c(-n4c5ccccc5c5ccccc54)nccc3c2c1. The Labute approximate surface area is 798 Å². The van der Waals surface area contributed by atoms with Crippen LogP contribution in [-0.2, 0) is 20.1 Å². The van der Waals surface area contributed by atoms with E-state index in [1.54, 1.807) is 12.4 Å². The van der Waals surface area contributed by atoms with Crippen LogP contribution >= 0.6 is 33.8 Å². The molecule has 0 spiro atoms. The van der Waals surface area contributed by atoms with Gasteiger partial charge in [-0.3, -0.25) is 14.7 Å². The summed E-state index contributed by atoms with van der Waals surface area (Å²) >= 11 is 6.07. The van der Waals surface area contributed by atoms with Crippen LogP contribution in [0.1, 0.15) is 0 Å². The topological polar surface area (TPSA) is 101 Å². The molecular formula is C116H84AlIrN9OPS2-2. The molecule has 7 aromatic heterocycles. The van der Waals surface area contributed by atoms with Crippen molar-refractivity contribution in [3.63, 3.8) is 0 Å². The number of thiophene rings is 1. The maximum Gasteiger partial charge on any atom is 0.494 e. The molecule has 0 aliphatic heterocycles. The average Bonchev–Trinajstić information content (AvgIpc) is 1.57. The largest absolute Gasteiger partial charge is 0.649 e. The molecule has 0 bridgehead atoms. The summed E-state index contributed by atoms with van der Waals surface area (Å²) < 4.78 is 23.6. The third-order valence-electron chi connectivity index (χ3n) is 22.9. The monoisotopic (exact) mass is 1940 g/mol. The minimum Gasteiger partial charge on any atom is -0.649 e. The minimum absolute atomic E-state index is 0. The van der Waals surface area contributed by atoms with Gasteiger partial charge in [-0.2, -0.15) is 13.4 Å². The average molecular weight is 1940 g/mol. The van der Waals surface area contributed by atoms with Crippen molar-refractivity contribution in [2.24, 2.45) is 0 Å². The van der Waals surface area contributed by atoms with Crippen molar-refractivity contribution in [1.82, 2.24) is 29.1 Å². The van der Waals surface area contributed by atoms with Crippen molar-refractivity contribution in [3.05, 3.63) is 492 Å². The molecule has 17 aromatic carbocycles. The van der Waals surface area contributed by atoms with E-state index in [2.05, 4.69) is 407 Å². The summed E-state index contributed by atoms with van der Waals surface area (Å²) in [6.45, 7) is 0. The van der Waals surface area contributed by atoms with Crippen molar-refractivity contribution in [2.45, 2.75) is 0 Å². The van der Waals surface area contributed by atoms with Crippen LogP contribution in [0, 0.1) is 17.3 Å². The number of nitrogens with zero attached hydrogens (tertiary/aromatic N) is 8. The van der Waals surface area contributed by atoms with Crippen LogP contribution in [0.2, 0.25) is 1.41 Å². The molecule has 0 saturated carbocycles. The van der Waals surface area contributed by atoms with Crippen LogP contribution in [0.15, 0.2) is 480 Å². The van der Waals surface area contributed by atoms with Gasteiger partial charge in [-0.05, 0) is 187 Å². The van der Waals surface area contributed by atoms with E-state index >= 15 is 0 Å². The van der Waals surface area contributed by atoms with E-state index < -0.39 is 0 Å². The Kier molecular flexibility index (Phi) is 27.3. The molecule has 0 atom stereocenters. The van der Waals surface area contributed by atoms with E-state index in [4.69, 9.17) is 11.3 Å². The Morgan fingerprint density at radius 2 is 0.756 bits per heavy atom. The zero-order valence-corrected chi connectivity index (χ0v) is 77.5. The second-order valence-electron chi connectivity index (χ2n) is 30.5. The van der Waals surface area contributed by atoms with Crippen molar-refractivity contribution >= 4 is 181 Å². The van der Waals surface area contributed by atoms with Gasteiger partial charge in [-0.1, -0.05) is 273 Å². The molecule has 0 unspecified atom stereocenters. The summed E-state index contributed by atoms with van der Waals surface area (Å²) in [5.41, 5.74) is 22.5. The molecule has 1 N–H and O–H groups in total. The van der Waals surface area contributed by atoms with E-state index in [0.29, 0.717) is 0 Å². The third-order valence-corrected chi connectivity index (χ3v) is 24.4. The number of anilines is 6. The fourth-order valence-corrected chi connectivity index (χ4v) is 18.3. The van der Waals surface area contributed by atoms with Crippen LogP contribution in [0.25, 0.3) is 153 Å². The van der Waals surface area contributed by atoms with Gasteiger partial charge < -0.3 is 28.1 Å². The van der Waals surface area contributed by atoms with Gasteiger partial charge in [0, 0.05) is 127 Å². The van der Waals surface area contributed by atoms with E-state index in [0.717, 1.165) is 79.1 Å². The van der Waals surface area contributed by atoms with Crippen LogP contribution in [-0.4, -0.2) is 46.8 Å². The van der Waals surface area contributed by atoms with Crippen LogP contribution in [0.5, 0.6) is 5.75 Å². The first kappa shape index (κ1) is 85.4.